The summed E-state index contributed by atoms with van der Waals surface area (Å²) >= 11 is 3.57. The Morgan fingerprint density at radius 1 is 0.875 bits per heavy atom. The lowest BCUT2D eigenvalue weighted by molar-refractivity contribution is 0.304. The highest BCUT2D eigenvalue weighted by molar-refractivity contribution is 9.10. The van der Waals surface area contributed by atoms with Gasteiger partial charge in [0.25, 0.3) is 0 Å². The first-order valence-corrected chi connectivity index (χ1v) is 10.6. The molecule has 0 fully saturated rings. The molecule has 0 spiro atoms. The summed E-state index contributed by atoms with van der Waals surface area (Å²) in [6.45, 7) is 0.421. The van der Waals surface area contributed by atoms with E-state index in [1.165, 1.54) is 6.33 Å². The van der Waals surface area contributed by atoms with Gasteiger partial charge in [0.1, 0.15) is 18.7 Å². The molecule has 0 unspecified atom stereocenters. The van der Waals surface area contributed by atoms with Gasteiger partial charge in [-0.2, -0.15) is 0 Å². The van der Waals surface area contributed by atoms with Gasteiger partial charge in [0.2, 0.25) is 5.95 Å². The van der Waals surface area contributed by atoms with E-state index in [2.05, 4.69) is 46.2 Å². The first-order valence-electron chi connectivity index (χ1n) is 9.85. The van der Waals surface area contributed by atoms with Gasteiger partial charge in [-0.3, -0.25) is 4.98 Å². The quantitative estimate of drug-likeness (QED) is 0.337. The number of anilines is 2. The molecule has 0 aliphatic heterocycles. The Labute approximate surface area is 192 Å². The SMILES string of the molecule is Brc1cc2cnc(Nc3cccc(-c4cncnc4)c3)nc2cc1OCc1cccnc1. The number of benzene rings is 2. The zero-order valence-electron chi connectivity index (χ0n) is 16.8. The van der Waals surface area contributed by atoms with Crippen molar-refractivity contribution in [3.05, 3.63) is 95.9 Å². The third kappa shape index (κ3) is 4.55. The second kappa shape index (κ2) is 9.07. The maximum absolute atomic E-state index is 5.97. The number of pyridine rings is 1. The van der Waals surface area contributed by atoms with Crippen LogP contribution < -0.4 is 10.1 Å². The molecule has 3 aromatic heterocycles. The van der Waals surface area contributed by atoms with Crippen molar-refractivity contribution >= 4 is 38.5 Å². The van der Waals surface area contributed by atoms with Crippen LogP contribution in [-0.2, 0) is 6.61 Å². The summed E-state index contributed by atoms with van der Waals surface area (Å²) in [5.41, 5.74) is 4.59. The van der Waals surface area contributed by atoms with Crippen molar-refractivity contribution < 1.29 is 4.74 Å². The van der Waals surface area contributed by atoms with Crippen LogP contribution >= 0.6 is 15.9 Å². The van der Waals surface area contributed by atoms with Crippen LogP contribution in [0.1, 0.15) is 5.56 Å². The normalized spacial score (nSPS) is 10.8. The lowest BCUT2D eigenvalue weighted by atomic mass is 10.1. The number of hydrogen-bond donors (Lipinski definition) is 1. The third-order valence-electron chi connectivity index (χ3n) is 4.76. The van der Waals surface area contributed by atoms with Crippen LogP contribution in [0.5, 0.6) is 5.75 Å². The van der Waals surface area contributed by atoms with Crippen LogP contribution in [0.2, 0.25) is 0 Å². The van der Waals surface area contributed by atoms with E-state index in [0.717, 1.165) is 37.8 Å². The van der Waals surface area contributed by atoms with Crippen molar-refractivity contribution in [2.45, 2.75) is 6.61 Å². The smallest absolute Gasteiger partial charge is 0.227 e. The highest BCUT2D eigenvalue weighted by atomic mass is 79.9. The lowest BCUT2D eigenvalue weighted by Gasteiger charge is -2.11. The van der Waals surface area contributed by atoms with Crippen LogP contribution in [0.25, 0.3) is 22.0 Å². The molecule has 2 aromatic carbocycles. The number of hydrogen-bond acceptors (Lipinski definition) is 7. The fourth-order valence-electron chi connectivity index (χ4n) is 3.20. The average molecular weight is 485 g/mol. The van der Waals surface area contributed by atoms with Crippen LogP contribution in [-0.4, -0.2) is 24.9 Å². The largest absolute Gasteiger partial charge is 0.488 e. The Hall–Kier alpha value is -3.91. The molecule has 0 saturated carbocycles. The molecule has 7 nitrogen and oxygen atoms in total. The maximum Gasteiger partial charge on any atom is 0.227 e. The Kier molecular flexibility index (Phi) is 5.67. The fraction of sp³-hybridized carbons (Fsp3) is 0.0417. The molecule has 5 aromatic rings. The Balaban J connectivity index is 1.39. The van der Waals surface area contributed by atoms with Gasteiger partial charge in [-0.25, -0.2) is 19.9 Å². The van der Waals surface area contributed by atoms with Crippen molar-refractivity contribution in [3.8, 4) is 16.9 Å². The molecule has 156 valence electrons. The van der Waals surface area contributed by atoms with Gasteiger partial charge in [0, 0.05) is 59.3 Å². The van der Waals surface area contributed by atoms with E-state index in [4.69, 9.17) is 4.74 Å². The number of ether oxygens (including phenoxy) is 1. The lowest BCUT2D eigenvalue weighted by Crippen LogP contribution is -1.99. The zero-order chi connectivity index (χ0) is 21.8. The number of nitrogens with one attached hydrogen (secondary N) is 1. The summed E-state index contributed by atoms with van der Waals surface area (Å²) in [6.07, 6.45) is 10.4. The summed E-state index contributed by atoms with van der Waals surface area (Å²) in [5.74, 6) is 1.21. The molecule has 0 saturated heterocycles. The molecule has 0 amide bonds. The molecule has 5 rings (SSSR count). The highest BCUT2D eigenvalue weighted by Crippen LogP contribution is 2.31. The van der Waals surface area contributed by atoms with Crippen molar-refractivity contribution in [1.82, 2.24) is 24.9 Å². The standard InChI is InChI=1S/C24H17BrN6O/c25-21-8-18-13-29-24(30-20-5-1-4-17(7-20)19-11-27-15-28-12-19)31-22(18)9-23(21)32-14-16-3-2-6-26-10-16/h1-13,15H,14H2,(H,29,30,31). The Morgan fingerprint density at radius 2 is 1.78 bits per heavy atom. The van der Waals surface area contributed by atoms with E-state index in [1.807, 2.05) is 48.5 Å². The molecular weight excluding hydrogens is 468 g/mol. The zero-order valence-corrected chi connectivity index (χ0v) is 18.4. The molecular formula is C24H17BrN6O. The van der Waals surface area contributed by atoms with Gasteiger partial charge in [-0.05, 0) is 45.8 Å². The third-order valence-corrected chi connectivity index (χ3v) is 5.38. The minimum Gasteiger partial charge on any atom is -0.488 e. The summed E-state index contributed by atoms with van der Waals surface area (Å²) in [7, 11) is 0. The van der Waals surface area contributed by atoms with E-state index in [1.54, 1.807) is 31.0 Å². The van der Waals surface area contributed by atoms with Crippen LogP contribution in [0.3, 0.4) is 0 Å². The van der Waals surface area contributed by atoms with Crippen molar-refractivity contribution in [1.29, 1.82) is 0 Å². The monoisotopic (exact) mass is 484 g/mol. The van der Waals surface area contributed by atoms with Gasteiger partial charge in [0.15, 0.2) is 0 Å². The minimum atomic E-state index is 0.421. The predicted octanol–water partition coefficient (Wildman–Crippen LogP) is 5.57. The van der Waals surface area contributed by atoms with Crippen LogP contribution in [0.4, 0.5) is 11.6 Å². The molecule has 0 aliphatic rings. The molecule has 1 N–H and O–H groups in total. The number of halogens is 1. The second-order valence-electron chi connectivity index (χ2n) is 7.02. The predicted molar refractivity (Wildman–Crippen MR) is 127 cm³/mol. The molecule has 3 heterocycles. The van der Waals surface area contributed by atoms with E-state index < -0.39 is 0 Å². The topological polar surface area (TPSA) is 85.7 Å². The summed E-state index contributed by atoms with van der Waals surface area (Å²) in [5, 5.41) is 4.18. The fourth-order valence-corrected chi connectivity index (χ4v) is 3.68. The maximum atomic E-state index is 5.97. The highest BCUT2D eigenvalue weighted by Gasteiger charge is 2.08. The van der Waals surface area contributed by atoms with Gasteiger partial charge in [-0.1, -0.05) is 18.2 Å². The average Bonchev–Trinajstić information content (AvgIpc) is 2.84. The summed E-state index contributed by atoms with van der Waals surface area (Å²) in [6, 6.07) is 15.7. The molecule has 0 atom stereocenters. The first-order chi connectivity index (χ1) is 15.7. The van der Waals surface area contributed by atoms with E-state index in [0.29, 0.717) is 18.3 Å². The number of fused-ring (bicyclic) bond motifs is 1. The van der Waals surface area contributed by atoms with Gasteiger partial charge < -0.3 is 10.1 Å². The van der Waals surface area contributed by atoms with E-state index >= 15 is 0 Å². The molecule has 0 radical (unpaired) electrons. The number of rotatable bonds is 6. The molecule has 8 heteroatoms. The Bertz CT molecular complexity index is 1370. The first kappa shape index (κ1) is 20.0. The molecule has 0 bridgehead atoms. The number of aromatic nitrogens is 5. The van der Waals surface area contributed by atoms with Crippen LogP contribution in [0, 0.1) is 0 Å². The van der Waals surface area contributed by atoms with Crippen molar-refractivity contribution in [2.24, 2.45) is 0 Å². The van der Waals surface area contributed by atoms with E-state index in [-0.39, 0.29) is 0 Å². The number of nitrogens with zero attached hydrogens (tertiary/aromatic N) is 5. The van der Waals surface area contributed by atoms with Gasteiger partial charge in [-0.15, -0.1) is 0 Å². The van der Waals surface area contributed by atoms with Gasteiger partial charge >= 0.3 is 0 Å². The minimum absolute atomic E-state index is 0.421. The summed E-state index contributed by atoms with van der Waals surface area (Å²) in [4.78, 5) is 21.4. The van der Waals surface area contributed by atoms with E-state index in [9.17, 15) is 0 Å². The Morgan fingerprint density at radius 3 is 2.62 bits per heavy atom. The molecule has 0 aliphatic carbocycles. The van der Waals surface area contributed by atoms with Gasteiger partial charge in [0.05, 0.1) is 9.99 Å². The van der Waals surface area contributed by atoms with Crippen LogP contribution in [0.15, 0.2) is 90.3 Å². The second-order valence-corrected chi connectivity index (χ2v) is 7.87. The molecule has 32 heavy (non-hydrogen) atoms. The van der Waals surface area contributed by atoms with Crippen molar-refractivity contribution in [2.75, 3.05) is 5.32 Å². The van der Waals surface area contributed by atoms with Crippen molar-refractivity contribution in [3.63, 3.8) is 0 Å². The summed E-state index contributed by atoms with van der Waals surface area (Å²) < 4.78 is 6.82.